The molecule has 0 amide bonds. The maximum atomic E-state index is 14.2. The smallest absolute Gasteiger partial charge is 0.518 e. The second-order valence-electron chi connectivity index (χ2n) is 7.88. The Hall–Kier alpha value is -3.24. The van der Waals surface area contributed by atoms with Crippen molar-refractivity contribution in [2.45, 2.75) is 19.3 Å². The minimum atomic E-state index is -0.951. The van der Waals surface area contributed by atoms with Gasteiger partial charge in [0.25, 0.3) is 0 Å². The monoisotopic (exact) mass is 620 g/mol. The number of rotatable bonds is 4. The van der Waals surface area contributed by atoms with Crippen LogP contribution in [-0.2, 0) is 26.5 Å². The summed E-state index contributed by atoms with van der Waals surface area (Å²) in [5, 5.41) is 0.884. The fourth-order valence-electron chi connectivity index (χ4n) is 3.55. The van der Waals surface area contributed by atoms with Crippen molar-refractivity contribution in [3.05, 3.63) is 102 Å². The van der Waals surface area contributed by atoms with Crippen LogP contribution >= 0.6 is 0 Å². The summed E-state index contributed by atoms with van der Waals surface area (Å²) in [5.41, 5.74) is 2.56. The molecule has 0 aliphatic rings. The number of pyridine rings is 3. The van der Waals surface area contributed by atoms with Gasteiger partial charge in [0.15, 0.2) is 0 Å². The van der Waals surface area contributed by atoms with Crippen molar-refractivity contribution in [1.29, 1.82) is 0 Å². The van der Waals surface area contributed by atoms with E-state index in [2.05, 4.69) is 22.1 Å². The average Bonchev–Trinajstić information content (AvgIpc) is 3.24. The fourth-order valence-corrected chi connectivity index (χ4v) is 3.55. The van der Waals surface area contributed by atoms with E-state index >= 15 is 0 Å². The third-order valence-corrected chi connectivity index (χ3v) is 5.36. The first-order valence-electron chi connectivity index (χ1n) is 10.0. The molecule has 4 nitrogen and oxygen atoms in total. The molecule has 0 aliphatic heterocycles. The third kappa shape index (κ3) is 4.36. The molecule has 0 fully saturated rings. The molecule has 0 aliphatic carbocycles. The topological polar surface area (TPSA) is 51.8 Å². The molecule has 0 atom stereocenters. The van der Waals surface area contributed by atoms with Gasteiger partial charge in [-0.2, -0.15) is 0 Å². The van der Waals surface area contributed by atoms with Crippen LogP contribution in [-0.4, -0.2) is 15.0 Å². The average molecular weight is 621 g/mol. The molecule has 4 heterocycles. The summed E-state index contributed by atoms with van der Waals surface area (Å²) in [7, 11) is 0. The van der Waals surface area contributed by atoms with Gasteiger partial charge in [-0.15, -0.1) is 23.6 Å². The van der Waals surface area contributed by atoms with Crippen LogP contribution in [0.15, 0.2) is 71.1 Å². The number of aromatic nitrogens is 3. The first-order chi connectivity index (χ1) is 15.4. The summed E-state index contributed by atoms with van der Waals surface area (Å²) >= 11 is 0. The summed E-state index contributed by atoms with van der Waals surface area (Å²) < 4.78 is 33.3. The molecule has 33 heavy (non-hydrogen) atoms. The third-order valence-electron chi connectivity index (χ3n) is 5.36. The number of furan rings is 1. The van der Waals surface area contributed by atoms with Crippen LogP contribution in [0.4, 0.5) is 8.78 Å². The number of fused-ring (bicyclic) bond motifs is 1. The molecule has 7 heteroatoms. The number of nitrogens with zero attached hydrogens (tertiary/aromatic N) is 3. The maximum Gasteiger partial charge on any atom is 2.00 e. The Kier molecular flexibility index (Phi) is 6.22. The first-order valence-corrected chi connectivity index (χ1v) is 10.0. The van der Waals surface area contributed by atoms with E-state index in [0.717, 1.165) is 22.7 Å². The zero-order valence-electron chi connectivity index (χ0n) is 17.7. The molecule has 0 unspecified atom stereocenters. The number of para-hydroxylation sites is 1. The van der Waals surface area contributed by atoms with Crippen molar-refractivity contribution in [3.8, 4) is 22.7 Å². The van der Waals surface area contributed by atoms with E-state index in [0.29, 0.717) is 22.8 Å². The van der Waals surface area contributed by atoms with Crippen LogP contribution in [0.2, 0.25) is 0 Å². The predicted octanol–water partition coefficient (Wildman–Crippen LogP) is 6.15. The molecule has 0 saturated heterocycles. The van der Waals surface area contributed by atoms with Crippen LogP contribution < -0.4 is 0 Å². The van der Waals surface area contributed by atoms with Gasteiger partial charge in [0.1, 0.15) is 11.9 Å². The Morgan fingerprint density at radius 1 is 0.818 bits per heavy atom. The van der Waals surface area contributed by atoms with Crippen molar-refractivity contribution in [3.63, 3.8) is 0 Å². The molecule has 5 rings (SSSR count). The van der Waals surface area contributed by atoms with Crippen molar-refractivity contribution in [1.82, 2.24) is 15.0 Å². The fraction of sp³-hybridized carbons (Fsp3) is 0.115. The van der Waals surface area contributed by atoms with E-state index in [1.165, 1.54) is 0 Å². The zero-order valence-corrected chi connectivity index (χ0v) is 19.9. The summed E-state index contributed by atoms with van der Waals surface area (Å²) in [5.74, 6) is -1.32. The molecule has 5 aromatic rings. The Labute approximate surface area is 204 Å². The summed E-state index contributed by atoms with van der Waals surface area (Å²) in [4.78, 5) is 12.7. The second kappa shape index (κ2) is 8.95. The molecule has 4 aromatic heterocycles. The molecule has 0 spiro atoms. The van der Waals surface area contributed by atoms with Crippen LogP contribution in [0.3, 0.4) is 0 Å². The summed E-state index contributed by atoms with van der Waals surface area (Å²) in [6.07, 6.45) is 0. The van der Waals surface area contributed by atoms with Gasteiger partial charge >= 0.3 is 21.1 Å². The van der Waals surface area contributed by atoms with Crippen molar-refractivity contribution in [2.24, 2.45) is 0 Å². The Morgan fingerprint density at radius 3 is 2.18 bits per heavy atom. The van der Waals surface area contributed by atoms with Gasteiger partial charge < -0.3 is 9.40 Å². The number of benzene rings is 1. The van der Waals surface area contributed by atoms with Crippen LogP contribution in [0.25, 0.3) is 33.7 Å². The van der Waals surface area contributed by atoms with Crippen molar-refractivity contribution >= 4 is 11.0 Å². The summed E-state index contributed by atoms with van der Waals surface area (Å²) in [6, 6.07) is 25.4. The molecule has 0 saturated carbocycles. The van der Waals surface area contributed by atoms with E-state index in [-0.39, 0.29) is 26.6 Å². The van der Waals surface area contributed by atoms with Gasteiger partial charge in [-0.3, -0.25) is 9.97 Å². The molecule has 1 aromatic carbocycles. The van der Waals surface area contributed by atoms with Gasteiger partial charge in [-0.25, -0.2) is 8.78 Å². The normalized spacial score (nSPS) is 11.4. The minimum Gasteiger partial charge on any atom is -0.518 e. The largest absolute Gasteiger partial charge is 2.00 e. The Balaban J connectivity index is 0.00000259. The second-order valence-corrected chi connectivity index (χ2v) is 7.88. The van der Waals surface area contributed by atoms with E-state index in [1.807, 2.05) is 62.4 Å². The standard InChI is InChI=1S/C26H17F2N3O.Pt/c1-26(2,22-11-5-8-18(29-22)17-13-14-24(27)31-25(17)28)23-12-6-9-19(30-23)21-15-16-7-3-4-10-20(16)32-21;/h3-12,14H,1-2H3;/q-2;+2. The molecular weight excluding hydrogens is 603 g/mol. The number of hydrogen-bond acceptors (Lipinski definition) is 4. The Morgan fingerprint density at radius 2 is 1.48 bits per heavy atom. The maximum absolute atomic E-state index is 14.2. The van der Waals surface area contributed by atoms with Crippen molar-refractivity contribution < 1.29 is 34.3 Å². The van der Waals surface area contributed by atoms with Gasteiger partial charge in [0.2, 0.25) is 0 Å². The van der Waals surface area contributed by atoms with Crippen LogP contribution in [0.1, 0.15) is 25.2 Å². The number of halogens is 2. The number of hydrogen-bond donors (Lipinski definition) is 0. The minimum absolute atomic E-state index is 0. The van der Waals surface area contributed by atoms with E-state index in [9.17, 15) is 8.78 Å². The van der Waals surface area contributed by atoms with Gasteiger partial charge in [0, 0.05) is 28.1 Å². The van der Waals surface area contributed by atoms with Gasteiger partial charge in [0.05, 0.1) is 5.76 Å². The quantitative estimate of drug-likeness (QED) is 0.179. The van der Waals surface area contributed by atoms with E-state index < -0.39 is 17.3 Å². The molecular formula is C26H17F2N3OPt. The molecule has 0 radical (unpaired) electrons. The van der Waals surface area contributed by atoms with E-state index in [4.69, 9.17) is 9.40 Å². The van der Waals surface area contributed by atoms with Crippen LogP contribution in [0.5, 0.6) is 0 Å². The van der Waals surface area contributed by atoms with Crippen LogP contribution in [0, 0.1) is 24.0 Å². The van der Waals surface area contributed by atoms with Gasteiger partial charge in [-0.1, -0.05) is 54.1 Å². The van der Waals surface area contributed by atoms with E-state index in [1.54, 1.807) is 12.1 Å². The van der Waals surface area contributed by atoms with Crippen molar-refractivity contribution in [2.75, 3.05) is 0 Å². The SMILES string of the molecule is CC(C)(c1cccc(-c2[c-]c3ccccc3o2)n1)c1cccc(-c2[c-]cc(F)nc2F)n1.[Pt+2]. The Bertz CT molecular complexity index is 1420. The first kappa shape index (κ1) is 22.9. The molecule has 0 N–H and O–H groups in total. The zero-order chi connectivity index (χ0) is 22.3. The molecule has 166 valence electrons. The molecule has 0 bridgehead atoms. The predicted molar refractivity (Wildman–Crippen MR) is 117 cm³/mol. The summed E-state index contributed by atoms with van der Waals surface area (Å²) in [6.45, 7) is 3.97. The van der Waals surface area contributed by atoms with Gasteiger partial charge in [-0.05, 0) is 31.7 Å².